The first-order valence-corrected chi connectivity index (χ1v) is 14.4. The van der Waals surface area contributed by atoms with Crippen molar-refractivity contribution >= 4 is 31.1 Å². The van der Waals surface area contributed by atoms with E-state index in [-0.39, 0.29) is 12.1 Å². The van der Waals surface area contributed by atoms with Gasteiger partial charge in [0.2, 0.25) is 0 Å². The minimum absolute atomic E-state index is 0.251. The molecule has 0 atom stereocenters. The van der Waals surface area contributed by atoms with Crippen molar-refractivity contribution in [1.82, 2.24) is 0 Å². The van der Waals surface area contributed by atoms with Crippen LogP contribution in [0.15, 0.2) is 24.3 Å². The van der Waals surface area contributed by atoms with Gasteiger partial charge in [0.05, 0.1) is 0 Å². The molecule has 0 amide bonds. The van der Waals surface area contributed by atoms with Crippen LogP contribution in [0.5, 0.6) is 0 Å². The quantitative estimate of drug-likeness (QED) is 0.325. The van der Waals surface area contributed by atoms with E-state index >= 15 is 0 Å². The van der Waals surface area contributed by atoms with Crippen molar-refractivity contribution in [1.29, 1.82) is 0 Å². The molecule has 2 aromatic carbocycles. The third-order valence-electron chi connectivity index (χ3n) is 3.76. The zero-order valence-corrected chi connectivity index (χ0v) is 18.0. The van der Waals surface area contributed by atoms with Crippen LogP contribution >= 0.6 is 0 Å². The number of rotatable bonds is 6. The Morgan fingerprint density at radius 1 is 0.655 bits per heavy atom. The molecule has 29 heavy (non-hydrogen) atoms. The van der Waals surface area contributed by atoms with Crippen molar-refractivity contribution in [3.05, 3.63) is 70.3 Å². The molecule has 2 rings (SSSR count). The third kappa shape index (κ3) is 5.87. The molecule has 0 aliphatic heterocycles. The first-order valence-electron chi connectivity index (χ1n) is 8.08. The zero-order valence-electron chi connectivity index (χ0n) is 15.1. The van der Waals surface area contributed by atoms with Crippen molar-refractivity contribution < 1.29 is 42.1 Å². The molecular formula is C18H14F6O4Sn. The molecule has 0 unspecified atom stereocenters. The number of halogens is 6. The summed E-state index contributed by atoms with van der Waals surface area (Å²) in [5.74, 6) is -10.1. The second-order valence-electron chi connectivity index (χ2n) is 6.17. The molecule has 0 saturated heterocycles. The Labute approximate surface area is 166 Å². The fraction of sp³-hybridized carbons (Fsp3) is 0.222. The second-order valence-corrected chi connectivity index (χ2v) is 14.5. The van der Waals surface area contributed by atoms with E-state index in [0.717, 1.165) is 13.8 Å². The molecule has 0 aromatic heterocycles. The topological polar surface area (TPSA) is 52.6 Å². The van der Waals surface area contributed by atoms with E-state index in [4.69, 9.17) is 6.15 Å². The van der Waals surface area contributed by atoms with Crippen molar-refractivity contribution in [2.24, 2.45) is 0 Å². The van der Waals surface area contributed by atoms with Crippen molar-refractivity contribution in [3.8, 4) is 0 Å². The standard InChI is InChI=1S/2C7H4F3.2C2H4O2.Sn/c2*1-4-2-6(9)7(10)3-5(4)8;2*1-2(3)4;/h2*2-3H,1H2;2*1H3,(H,3,4);/q;;;;+2/p-2. The number of benzene rings is 2. The van der Waals surface area contributed by atoms with E-state index < -0.39 is 86.0 Å². The summed E-state index contributed by atoms with van der Waals surface area (Å²) >= 11 is -5.25. The summed E-state index contributed by atoms with van der Waals surface area (Å²) in [7, 11) is 0. The fourth-order valence-electron chi connectivity index (χ4n) is 2.73. The number of hydrogen-bond donors (Lipinski definition) is 0. The number of hydrogen-bond acceptors (Lipinski definition) is 4. The Morgan fingerprint density at radius 3 is 1.28 bits per heavy atom. The Morgan fingerprint density at radius 2 is 0.966 bits per heavy atom. The maximum atomic E-state index is 14.1. The summed E-state index contributed by atoms with van der Waals surface area (Å²) in [5.41, 5.74) is -0.963. The summed E-state index contributed by atoms with van der Waals surface area (Å²) in [6.07, 6.45) is 0. The van der Waals surface area contributed by atoms with Crippen LogP contribution in [0.3, 0.4) is 0 Å². The van der Waals surface area contributed by atoms with Crippen LogP contribution in [-0.2, 0) is 24.6 Å². The van der Waals surface area contributed by atoms with Crippen LogP contribution in [0.2, 0.25) is 0 Å². The molecule has 0 fully saturated rings. The van der Waals surface area contributed by atoms with Gasteiger partial charge < -0.3 is 0 Å². The normalized spacial score (nSPS) is 11.3. The van der Waals surface area contributed by atoms with E-state index in [1.807, 2.05) is 0 Å². The Bertz CT molecular complexity index is 888. The first kappa shape index (κ1) is 23.0. The van der Waals surface area contributed by atoms with Crippen LogP contribution in [0.25, 0.3) is 0 Å². The van der Waals surface area contributed by atoms with Gasteiger partial charge in [-0.05, 0) is 0 Å². The van der Waals surface area contributed by atoms with Crippen molar-refractivity contribution in [2.45, 2.75) is 22.7 Å². The van der Waals surface area contributed by atoms with E-state index in [2.05, 4.69) is 0 Å². The van der Waals surface area contributed by atoms with Crippen LogP contribution in [0.4, 0.5) is 26.3 Å². The predicted octanol–water partition coefficient (Wildman–Crippen LogP) is 3.95. The summed E-state index contributed by atoms with van der Waals surface area (Å²) in [6.45, 7) is 1.89. The van der Waals surface area contributed by atoms with Crippen LogP contribution in [-0.4, -0.2) is 31.1 Å². The van der Waals surface area contributed by atoms with Crippen molar-refractivity contribution in [2.75, 3.05) is 0 Å². The van der Waals surface area contributed by atoms with Crippen LogP contribution in [0, 0.1) is 34.9 Å². The predicted molar refractivity (Wildman–Crippen MR) is 89.3 cm³/mol. The molecule has 0 aliphatic rings. The van der Waals surface area contributed by atoms with E-state index in [1.54, 1.807) is 0 Å². The van der Waals surface area contributed by atoms with Gasteiger partial charge in [-0.1, -0.05) is 0 Å². The van der Waals surface area contributed by atoms with Gasteiger partial charge in [-0.25, -0.2) is 0 Å². The summed E-state index contributed by atoms with van der Waals surface area (Å²) in [6, 6.07) is 1.48. The van der Waals surface area contributed by atoms with E-state index in [9.17, 15) is 35.9 Å². The molecule has 0 saturated carbocycles. The molecule has 0 aliphatic carbocycles. The summed E-state index contributed by atoms with van der Waals surface area (Å²) in [5, 5.41) is 0. The molecule has 0 heterocycles. The Hall–Kier alpha value is -2.24. The number of carbonyl (C=O) groups excluding carboxylic acids is 2. The molecule has 11 heteroatoms. The molecule has 0 bridgehead atoms. The van der Waals surface area contributed by atoms with E-state index in [1.165, 1.54) is 0 Å². The Balaban J connectivity index is 2.58. The Kier molecular flexibility index (Phi) is 7.19. The zero-order chi connectivity index (χ0) is 21.9. The fourth-order valence-corrected chi connectivity index (χ4v) is 11.9. The monoisotopic (exact) mass is 528 g/mol. The average molecular weight is 527 g/mol. The van der Waals surface area contributed by atoms with Gasteiger partial charge in [0, 0.05) is 0 Å². The van der Waals surface area contributed by atoms with Gasteiger partial charge in [0.25, 0.3) is 0 Å². The van der Waals surface area contributed by atoms with Crippen molar-refractivity contribution in [3.63, 3.8) is 0 Å². The molecule has 156 valence electrons. The average Bonchev–Trinajstić information content (AvgIpc) is 2.56. The molecular weight excluding hydrogens is 513 g/mol. The van der Waals surface area contributed by atoms with Gasteiger partial charge in [0.15, 0.2) is 0 Å². The first-order chi connectivity index (χ1) is 13.4. The minimum atomic E-state index is -5.25. The van der Waals surface area contributed by atoms with Gasteiger partial charge >= 0.3 is 166 Å². The summed E-state index contributed by atoms with van der Waals surface area (Å²) < 4.78 is 90.8. The van der Waals surface area contributed by atoms with E-state index in [0.29, 0.717) is 12.1 Å². The van der Waals surface area contributed by atoms with Gasteiger partial charge in [0.1, 0.15) is 0 Å². The SMILES string of the molecule is CC(=O)[O][Sn]([CH2]c1cc(F)c(F)cc1F)([CH2]c1cc(F)c(F)cc1F)[O]C(C)=O. The second kappa shape index (κ2) is 9.05. The van der Waals surface area contributed by atoms with Crippen LogP contribution < -0.4 is 0 Å². The van der Waals surface area contributed by atoms with Crippen LogP contribution in [0.1, 0.15) is 25.0 Å². The number of carbonyl (C=O) groups is 2. The molecule has 2 aromatic rings. The summed E-state index contributed by atoms with van der Waals surface area (Å²) in [4.78, 5) is 23.2. The molecule has 0 spiro atoms. The van der Waals surface area contributed by atoms with Gasteiger partial charge in [-0.3, -0.25) is 0 Å². The molecule has 0 N–H and O–H groups in total. The van der Waals surface area contributed by atoms with Gasteiger partial charge in [-0.2, -0.15) is 0 Å². The maximum absolute atomic E-state index is 14.1. The van der Waals surface area contributed by atoms with Gasteiger partial charge in [-0.15, -0.1) is 0 Å². The third-order valence-corrected chi connectivity index (χ3v) is 12.8. The molecule has 0 radical (unpaired) electrons. The molecule has 4 nitrogen and oxygen atoms in total.